The normalized spacial score (nSPS) is 23.1. The van der Waals surface area contributed by atoms with E-state index in [0.29, 0.717) is 6.61 Å². The molecule has 2 aliphatic rings. The van der Waals surface area contributed by atoms with Crippen molar-refractivity contribution in [2.24, 2.45) is 0 Å². The van der Waals surface area contributed by atoms with Crippen molar-refractivity contribution in [3.05, 3.63) is 29.8 Å². The van der Waals surface area contributed by atoms with E-state index in [0.717, 1.165) is 16.8 Å². The number of benzene rings is 1. The van der Waals surface area contributed by atoms with Crippen molar-refractivity contribution in [3.8, 4) is 5.75 Å². The molecule has 2 heterocycles. The predicted molar refractivity (Wildman–Crippen MR) is 76.7 cm³/mol. The molecule has 4 heteroatoms. The van der Waals surface area contributed by atoms with Gasteiger partial charge in [0, 0.05) is 5.56 Å². The van der Waals surface area contributed by atoms with E-state index in [1.165, 1.54) is 0 Å². The SMILES string of the molecule is CC1(C)OB(c2ccc3c(c2)C=CCO3)OC1(C)C. The number of ether oxygens (including phenoxy) is 1. The molecular formula is C15H19BO3. The van der Waals surface area contributed by atoms with Crippen LogP contribution in [0, 0.1) is 0 Å². The monoisotopic (exact) mass is 258 g/mol. The Labute approximate surface area is 114 Å². The maximum Gasteiger partial charge on any atom is 0.494 e. The first kappa shape index (κ1) is 12.8. The molecule has 0 atom stereocenters. The van der Waals surface area contributed by atoms with Gasteiger partial charge in [0.05, 0.1) is 11.2 Å². The first-order chi connectivity index (χ1) is 8.89. The van der Waals surface area contributed by atoms with Crippen molar-refractivity contribution in [2.45, 2.75) is 38.9 Å². The summed E-state index contributed by atoms with van der Waals surface area (Å²) < 4.78 is 17.7. The van der Waals surface area contributed by atoms with Gasteiger partial charge >= 0.3 is 7.12 Å². The molecule has 0 bridgehead atoms. The highest BCUT2D eigenvalue weighted by molar-refractivity contribution is 6.62. The van der Waals surface area contributed by atoms with E-state index >= 15 is 0 Å². The lowest BCUT2D eigenvalue weighted by Gasteiger charge is -2.32. The van der Waals surface area contributed by atoms with Gasteiger partial charge in [-0.2, -0.15) is 0 Å². The minimum absolute atomic E-state index is 0.306. The molecular weight excluding hydrogens is 239 g/mol. The lowest BCUT2D eigenvalue weighted by Crippen LogP contribution is -2.41. The minimum atomic E-state index is -0.314. The lowest BCUT2D eigenvalue weighted by molar-refractivity contribution is 0.00578. The fraction of sp³-hybridized carbons (Fsp3) is 0.467. The molecule has 0 radical (unpaired) electrons. The molecule has 0 N–H and O–H groups in total. The van der Waals surface area contributed by atoms with E-state index in [1.807, 2.05) is 18.2 Å². The Kier molecular flexibility index (Phi) is 2.77. The first-order valence-electron chi connectivity index (χ1n) is 6.68. The van der Waals surface area contributed by atoms with Crippen molar-refractivity contribution in [1.29, 1.82) is 0 Å². The van der Waals surface area contributed by atoms with Crippen LogP contribution in [-0.4, -0.2) is 24.9 Å². The van der Waals surface area contributed by atoms with E-state index in [1.54, 1.807) is 0 Å². The smallest absolute Gasteiger partial charge is 0.489 e. The van der Waals surface area contributed by atoms with Crippen LogP contribution in [0.1, 0.15) is 33.3 Å². The minimum Gasteiger partial charge on any atom is -0.489 e. The molecule has 3 nitrogen and oxygen atoms in total. The fourth-order valence-electron chi connectivity index (χ4n) is 2.27. The fourth-order valence-corrected chi connectivity index (χ4v) is 2.27. The van der Waals surface area contributed by atoms with Crippen LogP contribution >= 0.6 is 0 Å². The highest BCUT2D eigenvalue weighted by Crippen LogP contribution is 2.36. The van der Waals surface area contributed by atoms with E-state index in [9.17, 15) is 0 Å². The summed E-state index contributed by atoms with van der Waals surface area (Å²) in [7, 11) is -0.314. The van der Waals surface area contributed by atoms with Crippen LogP contribution in [0.15, 0.2) is 24.3 Å². The summed E-state index contributed by atoms with van der Waals surface area (Å²) in [4.78, 5) is 0. The molecule has 0 amide bonds. The van der Waals surface area contributed by atoms with E-state index < -0.39 is 0 Å². The summed E-state index contributed by atoms with van der Waals surface area (Å²) in [5.74, 6) is 0.919. The molecule has 2 aliphatic heterocycles. The molecule has 0 aliphatic carbocycles. The summed E-state index contributed by atoms with van der Waals surface area (Å²) in [6, 6.07) is 6.08. The number of hydrogen-bond acceptors (Lipinski definition) is 3. The van der Waals surface area contributed by atoms with Gasteiger partial charge in [-0.1, -0.05) is 18.2 Å². The van der Waals surface area contributed by atoms with Gasteiger partial charge in [0.1, 0.15) is 12.4 Å². The molecule has 0 spiro atoms. The van der Waals surface area contributed by atoms with Crippen molar-refractivity contribution in [2.75, 3.05) is 6.61 Å². The molecule has 0 unspecified atom stereocenters. The van der Waals surface area contributed by atoms with Crippen molar-refractivity contribution in [1.82, 2.24) is 0 Å². The first-order valence-corrected chi connectivity index (χ1v) is 6.68. The van der Waals surface area contributed by atoms with Gasteiger partial charge in [-0.3, -0.25) is 0 Å². The summed E-state index contributed by atoms with van der Waals surface area (Å²) in [5.41, 5.74) is 1.51. The molecule has 19 heavy (non-hydrogen) atoms. The quantitative estimate of drug-likeness (QED) is 0.724. The molecule has 1 fully saturated rings. The van der Waals surface area contributed by atoms with E-state index in [2.05, 4.69) is 39.8 Å². The molecule has 3 rings (SSSR count). The van der Waals surface area contributed by atoms with Gasteiger partial charge in [0.15, 0.2) is 0 Å². The van der Waals surface area contributed by atoms with Gasteiger partial charge in [-0.25, -0.2) is 0 Å². The predicted octanol–water partition coefficient (Wildman–Crippen LogP) is 2.39. The molecule has 0 saturated carbocycles. The topological polar surface area (TPSA) is 27.7 Å². The number of hydrogen-bond donors (Lipinski definition) is 0. The molecule has 1 saturated heterocycles. The Bertz CT molecular complexity index is 518. The Balaban J connectivity index is 1.91. The van der Waals surface area contributed by atoms with Crippen molar-refractivity contribution < 1.29 is 14.0 Å². The van der Waals surface area contributed by atoms with Crippen LogP contribution < -0.4 is 10.2 Å². The largest absolute Gasteiger partial charge is 0.494 e. The van der Waals surface area contributed by atoms with Crippen LogP contribution in [0.2, 0.25) is 0 Å². The Morgan fingerprint density at radius 3 is 2.42 bits per heavy atom. The molecule has 0 aromatic heterocycles. The third-order valence-electron chi connectivity index (χ3n) is 4.19. The average Bonchev–Trinajstić information content (AvgIpc) is 2.58. The zero-order valence-electron chi connectivity index (χ0n) is 11.9. The lowest BCUT2D eigenvalue weighted by atomic mass is 9.78. The van der Waals surface area contributed by atoms with Crippen molar-refractivity contribution in [3.63, 3.8) is 0 Å². The van der Waals surface area contributed by atoms with Gasteiger partial charge in [-0.05, 0) is 45.3 Å². The Morgan fingerprint density at radius 1 is 1.05 bits per heavy atom. The summed E-state index contributed by atoms with van der Waals surface area (Å²) in [5, 5.41) is 0. The average molecular weight is 258 g/mol. The Hall–Kier alpha value is -1.26. The van der Waals surface area contributed by atoms with Crippen LogP contribution in [0.5, 0.6) is 5.75 Å². The molecule has 1 aromatic carbocycles. The molecule has 1 aromatic rings. The third-order valence-corrected chi connectivity index (χ3v) is 4.19. The van der Waals surface area contributed by atoms with Crippen LogP contribution in [-0.2, 0) is 9.31 Å². The second-order valence-corrected chi connectivity index (χ2v) is 6.10. The summed E-state index contributed by atoms with van der Waals surface area (Å²) in [6.07, 6.45) is 4.09. The van der Waals surface area contributed by atoms with Gasteiger partial charge in [-0.15, -0.1) is 0 Å². The van der Waals surface area contributed by atoms with E-state index in [4.69, 9.17) is 14.0 Å². The maximum absolute atomic E-state index is 6.05. The molecule has 100 valence electrons. The number of fused-ring (bicyclic) bond motifs is 1. The summed E-state index contributed by atoms with van der Waals surface area (Å²) >= 11 is 0. The third kappa shape index (κ3) is 2.09. The van der Waals surface area contributed by atoms with Gasteiger partial charge < -0.3 is 14.0 Å². The standard InChI is InChI=1S/C15H19BO3/c1-14(2)15(3,4)19-16(18-14)12-7-8-13-11(10-12)6-5-9-17-13/h5-8,10H,9H2,1-4H3. The van der Waals surface area contributed by atoms with Gasteiger partial charge in [0.2, 0.25) is 0 Å². The Morgan fingerprint density at radius 2 is 1.74 bits per heavy atom. The highest BCUT2D eigenvalue weighted by atomic mass is 16.7. The number of rotatable bonds is 1. The van der Waals surface area contributed by atoms with Crippen LogP contribution in [0.3, 0.4) is 0 Å². The zero-order valence-corrected chi connectivity index (χ0v) is 11.9. The van der Waals surface area contributed by atoms with Crippen LogP contribution in [0.25, 0.3) is 6.08 Å². The second kappa shape index (κ2) is 4.12. The van der Waals surface area contributed by atoms with Crippen LogP contribution in [0.4, 0.5) is 0 Å². The summed E-state index contributed by atoms with van der Waals surface area (Å²) in [6.45, 7) is 8.90. The second-order valence-electron chi connectivity index (χ2n) is 6.10. The zero-order chi connectivity index (χ0) is 13.7. The van der Waals surface area contributed by atoms with Crippen molar-refractivity contribution >= 4 is 18.7 Å². The maximum atomic E-state index is 6.05. The van der Waals surface area contributed by atoms with E-state index in [-0.39, 0.29) is 18.3 Å². The van der Waals surface area contributed by atoms with Gasteiger partial charge in [0.25, 0.3) is 0 Å². The highest BCUT2D eigenvalue weighted by Gasteiger charge is 2.51.